The Morgan fingerprint density at radius 3 is 2.67 bits per heavy atom. The smallest absolute Gasteiger partial charge is 0.282 e. The van der Waals surface area contributed by atoms with E-state index in [1.54, 1.807) is 0 Å². The van der Waals surface area contributed by atoms with E-state index in [9.17, 15) is 19.3 Å². The highest BCUT2D eigenvalue weighted by molar-refractivity contribution is 6.07. The third kappa shape index (κ3) is 3.33. The van der Waals surface area contributed by atoms with Gasteiger partial charge < -0.3 is 10.1 Å². The van der Waals surface area contributed by atoms with Gasteiger partial charge in [-0.05, 0) is 30.3 Å². The Balaban J connectivity index is 2.35. The fraction of sp³-hybridized carbons (Fsp3) is 0.0714. The van der Waals surface area contributed by atoms with Gasteiger partial charge in [-0.1, -0.05) is 6.07 Å². The third-order valence-corrected chi connectivity index (χ3v) is 2.73. The highest BCUT2D eigenvalue weighted by Crippen LogP contribution is 2.25. The monoisotopic (exact) mass is 290 g/mol. The Morgan fingerprint density at radius 1 is 1.29 bits per heavy atom. The van der Waals surface area contributed by atoms with Gasteiger partial charge in [-0.15, -0.1) is 0 Å². The first-order valence-corrected chi connectivity index (χ1v) is 5.90. The molecule has 0 aliphatic carbocycles. The zero-order chi connectivity index (χ0) is 15.4. The molecule has 0 atom stereocenters. The Kier molecular flexibility index (Phi) is 4.13. The molecule has 0 aliphatic rings. The van der Waals surface area contributed by atoms with Crippen molar-refractivity contribution in [3.05, 3.63) is 64.0 Å². The molecule has 0 bridgehead atoms. The number of rotatable bonds is 4. The van der Waals surface area contributed by atoms with Crippen LogP contribution in [0.15, 0.2) is 42.5 Å². The molecular weight excluding hydrogens is 279 g/mol. The Hall–Kier alpha value is -2.96. The van der Waals surface area contributed by atoms with Crippen molar-refractivity contribution in [2.45, 2.75) is 0 Å². The van der Waals surface area contributed by atoms with E-state index in [0.717, 1.165) is 6.07 Å². The molecule has 1 amide bonds. The first-order valence-electron chi connectivity index (χ1n) is 5.90. The number of benzene rings is 2. The number of carbonyl (C=O) groups is 1. The summed E-state index contributed by atoms with van der Waals surface area (Å²) in [5.41, 5.74) is -0.314. The first-order chi connectivity index (χ1) is 10.0. The van der Waals surface area contributed by atoms with Crippen LogP contribution in [0.5, 0.6) is 5.75 Å². The number of carbonyl (C=O) groups excluding carboxylic acids is 1. The van der Waals surface area contributed by atoms with Gasteiger partial charge in [-0.3, -0.25) is 14.9 Å². The predicted octanol–water partition coefficient (Wildman–Crippen LogP) is 2.99. The maximum Gasteiger partial charge on any atom is 0.282 e. The summed E-state index contributed by atoms with van der Waals surface area (Å²) in [6, 6.07) is 9.06. The van der Waals surface area contributed by atoms with E-state index in [0.29, 0.717) is 5.75 Å². The average molecular weight is 290 g/mol. The summed E-state index contributed by atoms with van der Waals surface area (Å²) in [6.07, 6.45) is 0. The van der Waals surface area contributed by atoms with E-state index in [1.807, 2.05) is 0 Å². The van der Waals surface area contributed by atoms with Gasteiger partial charge in [0.15, 0.2) is 0 Å². The van der Waals surface area contributed by atoms with Gasteiger partial charge in [0.1, 0.15) is 17.1 Å². The summed E-state index contributed by atoms with van der Waals surface area (Å²) >= 11 is 0. The second kappa shape index (κ2) is 6.00. The van der Waals surface area contributed by atoms with Gasteiger partial charge in [0, 0.05) is 11.8 Å². The number of ether oxygens (including phenoxy) is 1. The normalized spacial score (nSPS) is 10.0. The minimum atomic E-state index is -0.716. The lowest BCUT2D eigenvalue weighted by Crippen LogP contribution is -2.14. The van der Waals surface area contributed by atoms with E-state index in [2.05, 4.69) is 5.32 Å². The fourth-order valence-corrected chi connectivity index (χ4v) is 1.75. The maximum atomic E-state index is 13.1. The van der Waals surface area contributed by atoms with Crippen LogP contribution in [0.25, 0.3) is 0 Å². The van der Waals surface area contributed by atoms with Crippen molar-refractivity contribution in [2.24, 2.45) is 0 Å². The standard InChI is InChI=1S/C14H11FN2O4/c1-21-11-5-6-13(17(19)20)12(8-11)14(18)16-10-4-2-3-9(15)7-10/h2-8H,1H3,(H,16,18). The fourth-order valence-electron chi connectivity index (χ4n) is 1.75. The van der Waals surface area contributed by atoms with E-state index in [4.69, 9.17) is 4.74 Å². The Bertz CT molecular complexity index is 703. The molecule has 108 valence electrons. The number of hydrogen-bond donors (Lipinski definition) is 1. The summed E-state index contributed by atoms with van der Waals surface area (Å²) < 4.78 is 18.0. The average Bonchev–Trinajstić information content (AvgIpc) is 2.46. The molecule has 2 aromatic carbocycles. The summed E-state index contributed by atoms with van der Waals surface area (Å²) in [7, 11) is 1.38. The van der Waals surface area contributed by atoms with Crippen LogP contribution in [0.4, 0.5) is 15.8 Å². The molecule has 6 nitrogen and oxygen atoms in total. The van der Waals surface area contributed by atoms with Crippen molar-refractivity contribution in [1.82, 2.24) is 0 Å². The van der Waals surface area contributed by atoms with Crippen molar-refractivity contribution in [3.63, 3.8) is 0 Å². The lowest BCUT2D eigenvalue weighted by Gasteiger charge is -2.07. The van der Waals surface area contributed by atoms with Crippen molar-refractivity contribution < 1.29 is 18.8 Å². The molecule has 1 N–H and O–H groups in total. The van der Waals surface area contributed by atoms with E-state index >= 15 is 0 Å². The molecule has 0 aromatic heterocycles. The molecule has 0 spiro atoms. The number of amides is 1. The molecule has 21 heavy (non-hydrogen) atoms. The van der Waals surface area contributed by atoms with Gasteiger partial charge in [-0.2, -0.15) is 0 Å². The minimum Gasteiger partial charge on any atom is -0.497 e. The maximum absolute atomic E-state index is 13.1. The lowest BCUT2D eigenvalue weighted by atomic mass is 10.1. The van der Waals surface area contributed by atoms with Gasteiger partial charge in [0.05, 0.1) is 12.0 Å². The van der Waals surface area contributed by atoms with Crippen LogP contribution >= 0.6 is 0 Å². The lowest BCUT2D eigenvalue weighted by molar-refractivity contribution is -0.385. The van der Waals surface area contributed by atoms with Crippen LogP contribution in [-0.4, -0.2) is 17.9 Å². The SMILES string of the molecule is COc1ccc([N+](=O)[O-])c(C(=O)Nc2cccc(F)c2)c1. The van der Waals surface area contributed by atoms with E-state index < -0.39 is 16.6 Å². The van der Waals surface area contributed by atoms with Crippen LogP contribution in [0.3, 0.4) is 0 Å². The van der Waals surface area contributed by atoms with E-state index in [-0.39, 0.29) is 16.9 Å². The minimum absolute atomic E-state index is 0.163. The summed E-state index contributed by atoms with van der Waals surface area (Å²) in [6.45, 7) is 0. The summed E-state index contributed by atoms with van der Waals surface area (Å²) in [4.78, 5) is 22.4. The first kappa shape index (κ1) is 14.4. The van der Waals surface area contributed by atoms with Gasteiger partial charge >= 0.3 is 0 Å². The van der Waals surface area contributed by atoms with Gasteiger partial charge in [-0.25, -0.2) is 4.39 Å². The van der Waals surface area contributed by atoms with Crippen LogP contribution in [0.1, 0.15) is 10.4 Å². The highest BCUT2D eigenvalue weighted by Gasteiger charge is 2.21. The third-order valence-electron chi connectivity index (χ3n) is 2.73. The topological polar surface area (TPSA) is 81.5 Å². The largest absolute Gasteiger partial charge is 0.497 e. The highest BCUT2D eigenvalue weighted by atomic mass is 19.1. The quantitative estimate of drug-likeness (QED) is 0.693. The van der Waals surface area contributed by atoms with Gasteiger partial charge in [0.2, 0.25) is 0 Å². The molecule has 0 fully saturated rings. The van der Waals surface area contributed by atoms with Crippen LogP contribution < -0.4 is 10.1 Å². The number of hydrogen-bond acceptors (Lipinski definition) is 4. The van der Waals surface area contributed by atoms with Crippen LogP contribution in [0, 0.1) is 15.9 Å². The van der Waals surface area contributed by atoms with Crippen molar-refractivity contribution in [1.29, 1.82) is 0 Å². The van der Waals surface area contributed by atoms with E-state index in [1.165, 1.54) is 43.5 Å². The summed E-state index contributed by atoms with van der Waals surface area (Å²) in [5, 5.41) is 13.4. The molecule has 0 aliphatic heterocycles. The summed E-state index contributed by atoms with van der Waals surface area (Å²) in [5.74, 6) is -0.927. The number of methoxy groups -OCH3 is 1. The number of nitro groups is 1. The molecule has 0 saturated carbocycles. The molecule has 0 unspecified atom stereocenters. The number of nitrogens with zero attached hydrogens (tertiary/aromatic N) is 1. The number of nitrogens with one attached hydrogen (secondary N) is 1. The van der Waals surface area contributed by atoms with Crippen molar-refractivity contribution in [2.75, 3.05) is 12.4 Å². The molecule has 2 aromatic rings. The molecular formula is C14H11FN2O4. The zero-order valence-electron chi connectivity index (χ0n) is 11.0. The van der Waals surface area contributed by atoms with Crippen molar-refractivity contribution >= 4 is 17.3 Å². The van der Waals surface area contributed by atoms with Crippen molar-refractivity contribution in [3.8, 4) is 5.75 Å². The Morgan fingerprint density at radius 2 is 2.05 bits per heavy atom. The Labute approximate surface area is 119 Å². The molecule has 0 radical (unpaired) electrons. The number of halogens is 1. The molecule has 2 rings (SSSR count). The second-order valence-corrected chi connectivity index (χ2v) is 4.10. The van der Waals surface area contributed by atoms with Crippen LogP contribution in [-0.2, 0) is 0 Å². The number of anilines is 1. The van der Waals surface area contributed by atoms with Crippen LogP contribution in [0.2, 0.25) is 0 Å². The molecule has 0 heterocycles. The van der Waals surface area contributed by atoms with Gasteiger partial charge in [0.25, 0.3) is 11.6 Å². The second-order valence-electron chi connectivity index (χ2n) is 4.10. The molecule has 0 saturated heterocycles. The zero-order valence-corrected chi connectivity index (χ0v) is 11.0. The predicted molar refractivity (Wildman–Crippen MR) is 74.0 cm³/mol. The molecule has 7 heteroatoms. The number of nitro benzene ring substituents is 1.